The molecule has 31 heavy (non-hydrogen) atoms. The molecule has 8 nitrogen and oxygen atoms in total. The minimum Gasteiger partial charge on any atom is -0.495 e. The van der Waals surface area contributed by atoms with Gasteiger partial charge in [-0.15, -0.1) is 0 Å². The van der Waals surface area contributed by atoms with Crippen molar-refractivity contribution in [2.45, 2.75) is 44.9 Å². The Morgan fingerprint density at radius 3 is 2.42 bits per heavy atom. The summed E-state index contributed by atoms with van der Waals surface area (Å²) in [6.45, 7) is 7.55. The lowest BCUT2D eigenvalue weighted by Gasteiger charge is -2.39. The Hall–Kier alpha value is -2.39. The summed E-state index contributed by atoms with van der Waals surface area (Å²) in [5.41, 5.74) is 1.92. The summed E-state index contributed by atoms with van der Waals surface area (Å²) in [4.78, 5) is 15.0. The summed E-state index contributed by atoms with van der Waals surface area (Å²) in [7, 11) is -2.16. The third-order valence-electron chi connectivity index (χ3n) is 6.70. The Kier molecular flexibility index (Phi) is 5.59. The molecule has 0 radical (unpaired) electrons. The molecule has 2 saturated heterocycles. The van der Waals surface area contributed by atoms with E-state index in [0.29, 0.717) is 48.9 Å². The van der Waals surface area contributed by atoms with Crippen LogP contribution in [0.15, 0.2) is 27.6 Å². The van der Waals surface area contributed by atoms with Gasteiger partial charge in [0.1, 0.15) is 22.0 Å². The second-order valence-corrected chi connectivity index (χ2v) is 10.6. The molecular formula is C22H29N3O5S. The van der Waals surface area contributed by atoms with E-state index < -0.39 is 10.0 Å². The molecule has 2 fully saturated rings. The largest absolute Gasteiger partial charge is 0.495 e. The van der Waals surface area contributed by atoms with Gasteiger partial charge in [-0.1, -0.05) is 11.2 Å². The van der Waals surface area contributed by atoms with Gasteiger partial charge in [0.15, 0.2) is 0 Å². The Balaban J connectivity index is 1.47. The molecule has 0 saturated carbocycles. The number of rotatable bonds is 4. The summed E-state index contributed by atoms with van der Waals surface area (Å²) in [5, 5.41) is 3.88. The van der Waals surface area contributed by atoms with Gasteiger partial charge in [-0.25, -0.2) is 8.42 Å². The fraction of sp³-hybridized carbons (Fsp3) is 0.545. The number of benzene rings is 1. The predicted octanol–water partition coefficient (Wildman–Crippen LogP) is 2.93. The summed E-state index contributed by atoms with van der Waals surface area (Å²) in [5.74, 6) is 0.845. The van der Waals surface area contributed by atoms with Gasteiger partial charge >= 0.3 is 0 Å². The van der Waals surface area contributed by atoms with Crippen molar-refractivity contribution in [3.8, 4) is 5.75 Å². The molecule has 1 spiro atoms. The lowest BCUT2D eigenvalue weighted by Crippen LogP contribution is -2.45. The van der Waals surface area contributed by atoms with Crippen LogP contribution in [0.3, 0.4) is 0 Å². The van der Waals surface area contributed by atoms with Crippen LogP contribution in [0.5, 0.6) is 5.75 Å². The molecule has 0 bridgehead atoms. The third kappa shape index (κ3) is 3.85. The molecule has 4 rings (SSSR count). The van der Waals surface area contributed by atoms with E-state index in [1.54, 1.807) is 30.3 Å². The number of hydrogen-bond donors (Lipinski definition) is 0. The van der Waals surface area contributed by atoms with Gasteiger partial charge in [0.05, 0.1) is 12.8 Å². The average molecular weight is 448 g/mol. The van der Waals surface area contributed by atoms with E-state index in [1.807, 2.05) is 17.9 Å². The second kappa shape index (κ2) is 7.94. The molecule has 9 heteroatoms. The van der Waals surface area contributed by atoms with Gasteiger partial charge in [0.2, 0.25) is 10.0 Å². The average Bonchev–Trinajstić information content (AvgIpc) is 3.31. The highest BCUT2D eigenvalue weighted by Crippen LogP contribution is 2.43. The van der Waals surface area contributed by atoms with E-state index in [1.165, 1.54) is 7.11 Å². The molecule has 1 aromatic carbocycles. The first-order chi connectivity index (χ1) is 14.7. The zero-order valence-electron chi connectivity index (χ0n) is 18.5. The Morgan fingerprint density at radius 2 is 1.81 bits per heavy atom. The smallest absolute Gasteiger partial charge is 0.259 e. The number of aromatic nitrogens is 1. The first-order valence-electron chi connectivity index (χ1n) is 10.5. The van der Waals surface area contributed by atoms with Crippen molar-refractivity contribution < 1.29 is 22.5 Å². The highest BCUT2D eigenvalue weighted by molar-refractivity contribution is 7.89. The number of nitrogens with zero attached hydrogens (tertiary/aromatic N) is 3. The summed E-state index contributed by atoms with van der Waals surface area (Å²) < 4.78 is 38.8. The number of aryl methyl sites for hydroxylation is 3. The number of likely N-dealkylation sites (tertiary alicyclic amines) is 1. The molecular weight excluding hydrogens is 418 g/mol. The zero-order valence-corrected chi connectivity index (χ0v) is 19.3. The van der Waals surface area contributed by atoms with Gasteiger partial charge in [0.25, 0.3) is 5.91 Å². The molecule has 0 unspecified atom stereocenters. The van der Waals surface area contributed by atoms with Crippen LogP contribution in [-0.4, -0.2) is 62.0 Å². The highest BCUT2D eigenvalue weighted by atomic mass is 32.2. The molecule has 168 valence electrons. The van der Waals surface area contributed by atoms with Crippen LogP contribution >= 0.6 is 0 Å². The number of sulfonamides is 1. The zero-order chi connectivity index (χ0) is 22.4. The Labute approximate surface area is 183 Å². The van der Waals surface area contributed by atoms with E-state index in [-0.39, 0.29) is 16.2 Å². The summed E-state index contributed by atoms with van der Waals surface area (Å²) in [6, 6.07) is 5.21. The first kappa shape index (κ1) is 21.8. The molecule has 2 aliphatic heterocycles. The predicted molar refractivity (Wildman–Crippen MR) is 115 cm³/mol. The fourth-order valence-corrected chi connectivity index (χ4v) is 6.56. The van der Waals surface area contributed by atoms with E-state index in [0.717, 1.165) is 24.8 Å². The maximum absolute atomic E-state index is 13.4. The lowest BCUT2D eigenvalue weighted by molar-refractivity contribution is 0.0597. The molecule has 1 amide bonds. The van der Waals surface area contributed by atoms with Crippen LogP contribution in [0, 0.1) is 26.2 Å². The van der Waals surface area contributed by atoms with Crippen molar-refractivity contribution in [1.82, 2.24) is 14.4 Å². The van der Waals surface area contributed by atoms with Crippen molar-refractivity contribution in [1.29, 1.82) is 0 Å². The van der Waals surface area contributed by atoms with Crippen LogP contribution in [-0.2, 0) is 10.0 Å². The van der Waals surface area contributed by atoms with Gasteiger partial charge in [-0.2, -0.15) is 4.31 Å². The normalized spacial score (nSPS) is 19.2. The first-order valence-corrected chi connectivity index (χ1v) is 12.0. The molecule has 3 heterocycles. The molecule has 1 aromatic heterocycles. The Morgan fingerprint density at radius 1 is 1.13 bits per heavy atom. The standard InChI is InChI=1S/C22H29N3O5S/c1-15-5-6-18(29-4)19(13-15)31(27,28)25-12-9-22(14-25)7-10-24(11-8-22)21(26)20-16(2)23-30-17(20)3/h5-6,13H,7-12,14H2,1-4H3. The van der Waals surface area contributed by atoms with E-state index in [2.05, 4.69) is 5.16 Å². The van der Waals surface area contributed by atoms with Crippen LogP contribution in [0.25, 0.3) is 0 Å². The minimum atomic E-state index is -3.65. The number of methoxy groups -OCH3 is 1. The van der Waals surface area contributed by atoms with Crippen molar-refractivity contribution >= 4 is 15.9 Å². The molecule has 0 N–H and O–H groups in total. The lowest BCUT2D eigenvalue weighted by atomic mass is 9.78. The molecule has 0 aliphatic carbocycles. The number of carbonyl (C=O) groups excluding carboxylic acids is 1. The number of ether oxygens (including phenoxy) is 1. The number of piperidine rings is 1. The third-order valence-corrected chi connectivity index (χ3v) is 8.57. The topological polar surface area (TPSA) is 93.0 Å². The van der Waals surface area contributed by atoms with E-state index >= 15 is 0 Å². The number of amides is 1. The van der Waals surface area contributed by atoms with Gasteiger partial charge in [0, 0.05) is 26.2 Å². The van der Waals surface area contributed by atoms with Crippen LogP contribution < -0.4 is 4.74 Å². The SMILES string of the molecule is COc1ccc(C)cc1S(=O)(=O)N1CCC2(CCN(C(=O)c3c(C)noc3C)CC2)C1. The van der Waals surface area contributed by atoms with Crippen LogP contribution in [0.1, 0.15) is 46.6 Å². The van der Waals surface area contributed by atoms with Crippen molar-refractivity contribution in [2.24, 2.45) is 5.41 Å². The number of hydrogen-bond acceptors (Lipinski definition) is 6. The molecule has 0 atom stereocenters. The van der Waals surface area contributed by atoms with Crippen molar-refractivity contribution in [2.75, 3.05) is 33.3 Å². The van der Waals surface area contributed by atoms with Crippen LogP contribution in [0.2, 0.25) is 0 Å². The fourth-order valence-electron chi connectivity index (χ4n) is 4.76. The monoisotopic (exact) mass is 447 g/mol. The van der Waals surface area contributed by atoms with Crippen molar-refractivity contribution in [3.63, 3.8) is 0 Å². The maximum atomic E-state index is 13.4. The molecule has 2 aliphatic rings. The Bertz CT molecular complexity index is 1080. The maximum Gasteiger partial charge on any atom is 0.259 e. The van der Waals surface area contributed by atoms with E-state index in [4.69, 9.17) is 9.26 Å². The minimum absolute atomic E-state index is 0.0573. The second-order valence-electron chi connectivity index (χ2n) is 8.73. The number of carbonyl (C=O) groups is 1. The van der Waals surface area contributed by atoms with Gasteiger partial charge in [-0.05, 0) is 63.1 Å². The van der Waals surface area contributed by atoms with Crippen molar-refractivity contribution in [3.05, 3.63) is 40.8 Å². The van der Waals surface area contributed by atoms with Crippen LogP contribution in [0.4, 0.5) is 0 Å². The summed E-state index contributed by atoms with van der Waals surface area (Å²) in [6.07, 6.45) is 2.35. The highest BCUT2D eigenvalue weighted by Gasteiger charge is 2.46. The van der Waals surface area contributed by atoms with Gasteiger partial charge in [-0.3, -0.25) is 4.79 Å². The van der Waals surface area contributed by atoms with Gasteiger partial charge < -0.3 is 14.2 Å². The summed E-state index contributed by atoms with van der Waals surface area (Å²) >= 11 is 0. The molecule has 2 aromatic rings. The van der Waals surface area contributed by atoms with E-state index in [9.17, 15) is 13.2 Å². The quantitative estimate of drug-likeness (QED) is 0.716.